The first-order chi connectivity index (χ1) is 11.9. The average molecular weight is 403 g/mol. The molecule has 9 nitrogen and oxygen atoms in total. The standard InChI is InChI=1S/C15H21N3O6S2/c1-17(2)26(23,24)12-6-4-5-11(9-12)10-18-14(19)13(16-15(18)20)7-8-25(3,21)22/h4-6,9,13H,7-8,10H2,1-3H3,(H,16,20)/t13-/m0/s1. The van der Waals surface area contributed by atoms with E-state index >= 15 is 0 Å². The van der Waals surface area contributed by atoms with Crippen LogP contribution in [0.3, 0.4) is 0 Å². The molecule has 0 bridgehead atoms. The zero-order chi connectivity index (χ0) is 19.7. The monoisotopic (exact) mass is 403 g/mol. The van der Waals surface area contributed by atoms with Crippen molar-refractivity contribution in [3.05, 3.63) is 29.8 Å². The number of nitrogens with one attached hydrogen (secondary N) is 1. The quantitative estimate of drug-likeness (QED) is 0.629. The van der Waals surface area contributed by atoms with Crippen molar-refractivity contribution in [2.75, 3.05) is 26.1 Å². The lowest BCUT2D eigenvalue weighted by Gasteiger charge is -2.15. The topological polar surface area (TPSA) is 121 Å². The van der Waals surface area contributed by atoms with Crippen LogP contribution in [0.1, 0.15) is 12.0 Å². The summed E-state index contributed by atoms with van der Waals surface area (Å²) in [7, 11) is -4.07. The molecule has 1 fully saturated rings. The molecule has 0 saturated carbocycles. The number of amides is 3. The lowest BCUT2D eigenvalue weighted by atomic mass is 10.2. The molecule has 1 heterocycles. The number of urea groups is 1. The number of carbonyl (C=O) groups is 2. The second-order valence-corrected chi connectivity index (χ2v) is 10.7. The number of carbonyl (C=O) groups excluding carboxylic acids is 2. The van der Waals surface area contributed by atoms with Crippen molar-refractivity contribution >= 4 is 31.8 Å². The molecule has 144 valence electrons. The zero-order valence-electron chi connectivity index (χ0n) is 14.7. The number of sulfone groups is 1. The fourth-order valence-electron chi connectivity index (χ4n) is 2.45. The molecule has 0 unspecified atom stereocenters. The molecule has 1 aromatic carbocycles. The Morgan fingerprint density at radius 3 is 2.38 bits per heavy atom. The maximum atomic E-state index is 12.3. The summed E-state index contributed by atoms with van der Waals surface area (Å²) in [5.41, 5.74) is 0.472. The molecule has 0 aromatic heterocycles. The van der Waals surface area contributed by atoms with Gasteiger partial charge >= 0.3 is 6.03 Å². The minimum atomic E-state index is -3.63. The Bertz CT molecular complexity index is 924. The molecule has 0 radical (unpaired) electrons. The van der Waals surface area contributed by atoms with Crippen molar-refractivity contribution in [1.82, 2.24) is 14.5 Å². The summed E-state index contributed by atoms with van der Waals surface area (Å²) in [6, 6.07) is 4.45. The Balaban J connectivity index is 2.16. The largest absolute Gasteiger partial charge is 0.326 e. The lowest BCUT2D eigenvalue weighted by molar-refractivity contribution is -0.127. The number of hydrogen-bond donors (Lipinski definition) is 1. The fourth-order valence-corrected chi connectivity index (χ4v) is 4.09. The van der Waals surface area contributed by atoms with Crippen molar-refractivity contribution in [2.45, 2.75) is 23.9 Å². The van der Waals surface area contributed by atoms with Crippen molar-refractivity contribution < 1.29 is 26.4 Å². The van der Waals surface area contributed by atoms with Crippen LogP contribution in [0.2, 0.25) is 0 Å². The number of imide groups is 1. The number of sulfonamides is 1. The summed E-state index contributed by atoms with van der Waals surface area (Å²) in [5.74, 6) is -0.742. The first-order valence-corrected chi connectivity index (χ1v) is 11.2. The molecule has 1 atom stereocenters. The SMILES string of the molecule is CN(C)S(=O)(=O)c1cccc(CN2C(=O)N[C@@H](CCS(C)(=O)=O)C2=O)c1. The van der Waals surface area contributed by atoms with E-state index in [-0.39, 0.29) is 23.6 Å². The van der Waals surface area contributed by atoms with E-state index in [1.165, 1.54) is 32.3 Å². The molecule has 1 aliphatic heterocycles. The maximum Gasteiger partial charge on any atom is 0.325 e. The predicted molar refractivity (Wildman–Crippen MR) is 94.5 cm³/mol. The Morgan fingerprint density at radius 2 is 1.81 bits per heavy atom. The molecule has 1 aromatic rings. The first-order valence-electron chi connectivity index (χ1n) is 7.73. The van der Waals surface area contributed by atoms with Gasteiger partial charge in [0.1, 0.15) is 15.9 Å². The van der Waals surface area contributed by atoms with Crippen LogP contribution in [-0.4, -0.2) is 70.1 Å². The van der Waals surface area contributed by atoms with Crippen LogP contribution in [0.15, 0.2) is 29.2 Å². The van der Waals surface area contributed by atoms with Gasteiger partial charge in [-0.25, -0.2) is 25.9 Å². The van der Waals surface area contributed by atoms with Gasteiger partial charge in [0, 0.05) is 20.4 Å². The summed E-state index contributed by atoms with van der Waals surface area (Å²) in [4.78, 5) is 25.4. The van der Waals surface area contributed by atoms with Crippen LogP contribution in [0, 0.1) is 0 Å². The Labute approximate surface area is 152 Å². The molecule has 1 aliphatic rings. The van der Waals surface area contributed by atoms with Gasteiger partial charge in [-0.1, -0.05) is 12.1 Å². The first kappa shape index (κ1) is 20.3. The Hall–Kier alpha value is -1.98. The van der Waals surface area contributed by atoms with Crippen molar-refractivity contribution in [1.29, 1.82) is 0 Å². The molecule has 26 heavy (non-hydrogen) atoms. The van der Waals surface area contributed by atoms with Gasteiger partial charge < -0.3 is 5.32 Å². The van der Waals surface area contributed by atoms with E-state index in [0.717, 1.165) is 15.5 Å². The lowest BCUT2D eigenvalue weighted by Crippen LogP contribution is -2.32. The molecule has 2 rings (SSSR count). The van der Waals surface area contributed by atoms with Crippen LogP contribution < -0.4 is 5.32 Å². The van der Waals surface area contributed by atoms with Gasteiger partial charge in [-0.05, 0) is 24.1 Å². The summed E-state index contributed by atoms with van der Waals surface area (Å²) in [5, 5.41) is 2.46. The van der Waals surface area contributed by atoms with E-state index in [4.69, 9.17) is 0 Å². The number of rotatable bonds is 7. The van der Waals surface area contributed by atoms with Gasteiger partial charge in [0.05, 0.1) is 17.2 Å². The van der Waals surface area contributed by atoms with Gasteiger partial charge in [0.2, 0.25) is 10.0 Å². The van der Waals surface area contributed by atoms with Crippen LogP contribution in [0.25, 0.3) is 0 Å². The fraction of sp³-hybridized carbons (Fsp3) is 0.467. The highest BCUT2D eigenvalue weighted by Gasteiger charge is 2.38. The Kier molecular flexibility index (Phi) is 5.73. The predicted octanol–water partition coefficient (Wildman–Crippen LogP) is -0.208. The molecule has 0 spiro atoms. The molecular weight excluding hydrogens is 382 g/mol. The van der Waals surface area contributed by atoms with E-state index in [2.05, 4.69) is 5.32 Å². The normalized spacial score (nSPS) is 18.5. The van der Waals surface area contributed by atoms with Gasteiger partial charge in [0.25, 0.3) is 5.91 Å². The van der Waals surface area contributed by atoms with Crippen molar-refractivity contribution in [3.63, 3.8) is 0 Å². The zero-order valence-corrected chi connectivity index (χ0v) is 16.3. The molecule has 0 aliphatic carbocycles. The average Bonchev–Trinajstić information content (AvgIpc) is 2.80. The highest BCUT2D eigenvalue weighted by molar-refractivity contribution is 7.90. The van der Waals surface area contributed by atoms with Gasteiger partial charge in [0.15, 0.2) is 0 Å². The third-order valence-corrected chi connectivity index (χ3v) is 6.69. The third kappa shape index (κ3) is 4.59. The summed E-state index contributed by atoms with van der Waals surface area (Å²) in [6.45, 7) is -0.100. The van der Waals surface area contributed by atoms with Gasteiger partial charge in [-0.15, -0.1) is 0 Å². The van der Waals surface area contributed by atoms with Crippen LogP contribution in [0.4, 0.5) is 4.79 Å². The highest BCUT2D eigenvalue weighted by atomic mass is 32.2. The van der Waals surface area contributed by atoms with Crippen LogP contribution >= 0.6 is 0 Å². The van der Waals surface area contributed by atoms with Crippen molar-refractivity contribution in [2.24, 2.45) is 0 Å². The molecule has 11 heteroatoms. The highest BCUT2D eigenvalue weighted by Crippen LogP contribution is 2.19. The van der Waals surface area contributed by atoms with E-state index in [1.807, 2.05) is 0 Å². The molecular formula is C15H21N3O6S2. The van der Waals surface area contributed by atoms with E-state index < -0.39 is 37.8 Å². The van der Waals surface area contributed by atoms with Crippen LogP contribution in [0.5, 0.6) is 0 Å². The van der Waals surface area contributed by atoms with Crippen LogP contribution in [-0.2, 0) is 31.2 Å². The number of nitrogens with zero attached hydrogens (tertiary/aromatic N) is 2. The summed E-state index contributed by atoms with van der Waals surface area (Å²) >= 11 is 0. The Morgan fingerprint density at radius 1 is 1.15 bits per heavy atom. The number of hydrogen-bond acceptors (Lipinski definition) is 6. The third-order valence-electron chi connectivity index (χ3n) is 3.90. The van der Waals surface area contributed by atoms with Gasteiger partial charge in [-0.2, -0.15) is 0 Å². The van der Waals surface area contributed by atoms with E-state index in [0.29, 0.717) is 5.56 Å². The number of benzene rings is 1. The molecule has 3 amide bonds. The minimum absolute atomic E-state index is 0.00500. The molecule has 1 saturated heterocycles. The smallest absolute Gasteiger partial charge is 0.325 e. The molecule has 1 N–H and O–H groups in total. The second-order valence-electron chi connectivity index (χ2n) is 6.28. The minimum Gasteiger partial charge on any atom is -0.326 e. The van der Waals surface area contributed by atoms with E-state index in [9.17, 15) is 26.4 Å². The maximum absolute atomic E-state index is 12.3. The summed E-state index contributed by atoms with van der Waals surface area (Å²) in [6.07, 6.45) is 1.05. The summed E-state index contributed by atoms with van der Waals surface area (Å²) < 4.78 is 47.9. The van der Waals surface area contributed by atoms with E-state index in [1.54, 1.807) is 6.07 Å². The van der Waals surface area contributed by atoms with Gasteiger partial charge in [-0.3, -0.25) is 9.69 Å². The van der Waals surface area contributed by atoms with Crippen molar-refractivity contribution in [3.8, 4) is 0 Å². The second kappa shape index (κ2) is 7.33.